The van der Waals surface area contributed by atoms with Crippen LogP contribution in [0.4, 0.5) is 5.69 Å². The maximum atomic E-state index is 11.6. The lowest BCUT2D eigenvalue weighted by molar-refractivity contribution is -0.121. The summed E-state index contributed by atoms with van der Waals surface area (Å²) in [6.45, 7) is 1.89. The van der Waals surface area contributed by atoms with Gasteiger partial charge in [0.05, 0.1) is 17.8 Å². The van der Waals surface area contributed by atoms with E-state index in [9.17, 15) is 4.79 Å². The van der Waals surface area contributed by atoms with E-state index < -0.39 is 6.04 Å². The highest BCUT2D eigenvalue weighted by molar-refractivity contribution is 9.10. The van der Waals surface area contributed by atoms with Crippen LogP contribution in [-0.4, -0.2) is 18.5 Å². The zero-order valence-corrected chi connectivity index (χ0v) is 11.4. The van der Waals surface area contributed by atoms with Crippen molar-refractivity contribution < 1.29 is 4.79 Å². The number of carbonyl (C=O) groups excluding carboxylic acids is 1. The number of nitrogens with zero attached hydrogens (tertiary/aromatic N) is 1. The molecule has 0 spiro atoms. The summed E-state index contributed by atoms with van der Waals surface area (Å²) in [6.07, 6.45) is 5.06. The first-order chi connectivity index (χ1) is 8.58. The van der Waals surface area contributed by atoms with E-state index in [-0.39, 0.29) is 12.5 Å². The molecule has 0 aliphatic heterocycles. The molecule has 0 saturated carbocycles. The number of benzene rings is 1. The second kappa shape index (κ2) is 6.68. The van der Waals surface area contributed by atoms with Crippen molar-refractivity contribution in [1.29, 1.82) is 5.26 Å². The van der Waals surface area contributed by atoms with Gasteiger partial charge in [0.1, 0.15) is 12.1 Å². The second-order valence-electron chi connectivity index (χ2n) is 3.59. The smallest absolute Gasteiger partial charge is 0.242 e. The summed E-state index contributed by atoms with van der Waals surface area (Å²) in [5, 5.41) is 14.5. The summed E-state index contributed by atoms with van der Waals surface area (Å²) in [7, 11) is 0. The predicted molar refractivity (Wildman–Crippen MR) is 73.8 cm³/mol. The van der Waals surface area contributed by atoms with Crippen LogP contribution in [-0.2, 0) is 4.79 Å². The molecular formula is C13H12BrN3O. The molecule has 4 nitrogen and oxygen atoms in total. The van der Waals surface area contributed by atoms with Crippen LogP contribution in [0, 0.1) is 23.7 Å². The summed E-state index contributed by atoms with van der Waals surface area (Å²) in [4.78, 5) is 11.6. The number of anilines is 1. The van der Waals surface area contributed by atoms with Gasteiger partial charge >= 0.3 is 0 Å². The first-order valence-electron chi connectivity index (χ1n) is 5.26. The van der Waals surface area contributed by atoms with Crippen molar-refractivity contribution in [3.63, 3.8) is 0 Å². The zero-order valence-electron chi connectivity index (χ0n) is 9.83. The van der Waals surface area contributed by atoms with Crippen LogP contribution in [0.1, 0.15) is 12.5 Å². The quantitative estimate of drug-likeness (QED) is 0.835. The van der Waals surface area contributed by atoms with Gasteiger partial charge in [0.2, 0.25) is 5.91 Å². The molecule has 0 bridgehead atoms. The summed E-state index contributed by atoms with van der Waals surface area (Å²) >= 11 is 3.32. The molecule has 0 aromatic heterocycles. The van der Waals surface area contributed by atoms with Crippen LogP contribution in [0.3, 0.4) is 0 Å². The van der Waals surface area contributed by atoms with Crippen molar-refractivity contribution in [2.45, 2.75) is 13.0 Å². The maximum absolute atomic E-state index is 11.6. The molecule has 0 heterocycles. The predicted octanol–water partition coefficient (Wildman–Crippen LogP) is 1.87. The van der Waals surface area contributed by atoms with Gasteiger partial charge < -0.3 is 10.6 Å². The molecule has 1 amide bonds. The molecule has 1 aromatic carbocycles. The molecule has 1 rings (SSSR count). The van der Waals surface area contributed by atoms with Gasteiger partial charge in [0.25, 0.3) is 0 Å². The van der Waals surface area contributed by atoms with Crippen molar-refractivity contribution in [2.75, 3.05) is 11.9 Å². The molecule has 0 fully saturated rings. The molecule has 0 aliphatic carbocycles. The summed E-state index contributed by atoms with van der Waals surface area (Å²) in [5.74, 6) is 2.12. The minimum Gasteiger partial charge on any atom is -0.373 e. The van der Waals surface area contributed by atoms with Crippen molar-refractivity contribution in [3.8, 4) is 18.4 Å². The van der Waals surface area contributed by atoms with Gasteiger partial charge in [-0.3, -0.25) is 4.79 Å². The first kappa shape index (κ1) is 14.1. The highest BCUT2D eigenvalue weighted by Crippen LogP contribution is 2.21. The Morgan fingerprint density at radius 2 is 2.33 bits per heavy atom. The van der Waals surface area contributed by atoms with Crippen molar-refractivity contribution in [2.24, 2.45) is 0 Å². The van der Waals surface area contributed by atoms with E-state index in [1.54, 1.807) is 25.1 Å². The average molecular weight is 306 g/mol. The van der Waals surface area contributed by atoms with Crippen molar-refractivity contribution >= 4 is 27.5 Å². The Kier molecular flexibility index (Phi) is 5.23. The Morgan fingerprint density at radius 1 is 1.61 bits per heavy atom. The van der Waals surface area contributed by atoms with Gasteiger partial charge in [0, 0.05) is 4.47 Å². The molecule has 2 N–H and O–H groups in total. The van der Waals surface area contributed by atoms with E-state index in [2.05, 4.69) is 38.6 Å². The van der Waals surface area contributed by atoms with Crippen LogP contribution in [0.5, 0.6) is 0 Å². The number of nitrogens with one attached hydrogen (secondary N) is 2. The Balaban J connectivity index is 2.79. The number of hydrogen-bond donors (Lipinski definition) is 2. The highest BCUT2D eigenvalue weighted by Gasteiger charge is 2.13. The van der Waals surface area contributed by atoms with Gasteiger partial charge in [0.15, 0.2) is 0 Å². The van der Waals surface area contributed by atoms with Crippen molar-refractivity contribution in [1.82, 2.24) is 5.32 Å². The van der Waals surface area contributed by atoms with E-state index in [0.29, 0.717) is 11.3 Å². The Bertz CT molecular complexity index is 528. The van der Waals surface area contributed by atoms with E-state index in [0.717, 1.165) is 4.47 Å². The van der Waals surface area contributed by atoms with Crippen LogP contribution in [0.15, 0.2) is 22.7 Å². The number of hydrogen-bond acceptors (Lipinski definition) is 3. The third kappa shape index (κ3) is 3.80. The fraction of sp³-hybridized carbons (Fsp3) is 0.231. The summed E-state index contributed by atoms with van der Waals surface area (Å²) < 4.78 is 0.834. The Morgan fingerprint density at radius 3 is 2.94 bits per heavy atom. The molecule has 1 unspecified atom stereocenters. The van der Waals surface area contributed by atoms with Gasteiger partial charge in [-0.05, 0) is 25.1 Å². The molecule has 0 aliphatic rings. The zero-order chi connectivity index (χ0) is 13.5. The number of amides is 1. The molecular weight excluding hydrogens is 294 g/mol. The molecule has 1 atom stereocenters. The lowest BCUT2D eigenvalue weighted by atomic mass is 10.1. The number of halogens is 1. The molecule has 18 heavy (non-hydrogen) atoms. The summed E-state index contributed by atoms with van der Waals surface area (Å²) in [5.41, 5.74) is 1.09. The third-order valence-electron chi connectivity index (χ3n) is 2.23. The minimum atomic E-state index is -0.472. The summed E-state index contributed by atoms with van der Waals surface area (Å²) in [6, 6.07) is 6.79. The van der Waals surface area contributed by atoms with Crippen LogP contribution < -0.4 is 10.6 Å². The molecule has 0 saturated heterocycles. The lowest BCUT2D eigenvalue weighted by Crippen LogP contribution is -2.37. The van der Waals surface area contributed by atoms with Crippen LogP contribution >= 0.6 is 15.9 Å². The molecule has 92 valence electrons. The topological polar surface area (TPSA) is 64.9 Å². The SMILES string of the molecule is C#CCNC(=O)C(C)Nc1cc(Br)ccc1C#N. The fourth-order valence-electron chi connectivity index (χ4n) is 1.32. The molecule has 5 heteroatoms. The normalized spacial score (nSPS) is 10.9. The Hall–Kier alpha value is -1.98. The maximum Gasteiger partial charge on any atom is 0.242 e. The fourth-order valence-corrected chi connectivity index (χ4v) is 1.68. The first-order valence-corrected chi connectivity index (χ1v) is 6.05. The number of terminal acetylenes is 1. The van der Waals surface area contributed by atoms with E-state index >= 15 is 0 Å². The number of rotatable bonds is 4. The van der Waals surface area contributed by atoms with Gasteiger partial charge in [-0.15, -0.1) is 6.42 Å². The number of carbonyl (C=O) groups is 1. The van der Waals surface area contributed by atoms with Gasteiger partial charge in [-0.2, -0.15) is 5.26 Å². The second-order valence-corrected chi connectivity index (χ2v) is 4.51. The monoisotopic (exact) mass is 305 g/mol. The molecule has 0 radical (unpaired) electrons. The van der Waals surface area contributed by atoms with Gasteiger partial charge in [-0.25, -0.2) is 0 Å². The van der Waals surface area contributed by atoms with Gasteiger partial charge in [-0.1, -0.05) is 21.9 Å². The van der Waals surface area contributed by atoms with E-state index in [1.807, 2.05) is 0 Å². The van der Waals surface area contributed by atoms with Crippen molar-refractivity contribution in [3.05, 3.63) is 28.2 Å². The Labute approximate surface area is 115 Å². The lowest BCUT2D eigenvalue weighted by Gasteiger charge is -2.15. The standard InChI is InChI=1S/C13H12BrN3O/c1-3-6-16-13(18)9(2)17-12-7-11(14)5-4-10(12)8-15/h1,4-5,7,9,17H,6H2,2H3,(H,16,18). The molecule has 1 aromatic rings. The minimum absolute atomic E-state index is 0.189. The number of nitriles is 1. The van der Waals surface area contributed by atoms with E-state index in [4.69, 9.17) is 11.7 Å². The third-order valence-corrected chi connectivity index (χ3v) is 2.73. The largest absolute Gasteiger partial charge is 0.373 e. The van der Waals surface area contributed by atoms with Crippen LogP contribution in [0.25, 0.3) is 0 Å². The average Bonchev–Trinajstić information content (AvgIpc) is 2.36. The van der Waals surface area contributed by atoms with Crippen LogP contribution in [0.2, 0.25) is 0 Å². The highest BCUT2D eigenvalue weighted by atomic mass is 79.9. The van der Waals surface area contributed by atoms with E-state index in [1.165, 1.54) is 0 Å².